The van der Waals surface area contributed by atoms with Crippen LogP contribution in [0.25, 0.3) is 0 Å². The summed E-state index contributed by atoms with van der Waals surface area (Å²) in [6.07, 6.45) is 0.00179. The second kappa shape index (κ2) is 6.51. The van der Waals surface area contributed by atoms with Gasteiger partial charge in [-0.25, -0.2) is 22.3 Å². The number of hydrogen-bond acceptors (Lipinski definition) is 4. The zero-order valence-electron chi connectivity index (χ0n) is 12.5. The summed E-state index contributed by atoms with van der Waals surface area (Å²) in [5.41, 5.74) is 0.568. The van der Waals surface area contributed by atoms with Gasteiger partial charge in [0.05, 0.1) is 14.2 Å². The van der Waals surface area contributed by atoms with Crippen molar-refractivity contribution in [3.05, 3.63) is 53.1 Å². The van der Waals surface area contributed by atoms with Gasteiger partial charge >= 0.3 is 0 Å². The molecule has 2 N–H and O–H groups in total. The largest absolute Gasteiger partial charge is 0.497 e. The van der Waals surface area contributed by atoms with E-state index in [1.54, 1.807) is 18.2 Å². The fourth-order valence-electron chi connectivity index (χ4n) is 2.13. The van der Waals surface area contributed by atoms with E-state index in [4.69, 9.17) is 14.6 Å². The predicted molar refractivity (Wildman–Crippen MR) is 80.1 cm³/mol. The Hall–Kier alpha value is -2.19. The molecule has 0 aliphatic rings. The fourth-order valence-corrected chi connectivity index (χ4v) is 2.77. The third kappa shape index (κ3) is 3.77. The van der Waals surface area contributed by atoms with Gasteiger partial charge in [-0.05, 0) is 23.3 Å². The van der Waals surface area contributed by atoms with Gasteiger partial charge in [0.2, 0.25) is 10.0 Å². The average molecular weight is 343 g/mol. The molecule has 0 unspecified atom stereocenters. The minimum absolute atomic E-state index is 0.00179. The number of primary sulfonamides is 1. The summed E-state index contributed by atoms with van der Waals surface area (Å²) < 4.78 is 60.5. The molecule has 0 aliphatic heterocycles. The molecule has 0 amide bonds. The van der Waals surface area contributed by atoms with Crippen LogP contribution < -0.4 is 14.6 Å². The molecule has 8 heteroatoms. The van der Waals surface area contributed by atoms with Crippen LogP contribution in [-0.4, -0.2) is 22.6 Å². The summed E-state index contributed by atoms with van der Waals surface area (Å²) in [7, 11) is -1.35. The summed E-state index contributed by atoms with van der Waals surface area (Å²) in [6.45, 7) is 0. The van der Waals surface area contributed by atoms with Crippen LogP contribution in [0.15, 0.2) is 35.2 Å². The lowest BCUT2D eigenvalue weighted by Crippen LogP contribution is -2.15. The number of ether oxygens (including phenoxy) is 2. The number of hydrogen-bond donors (Lipinski definition) is 1. The maximum atomic E-state index is 13.9. The normalized spacial score (nSPS) is 11.3. The predicted octanol–water partition coefficient (Wildman–Crippen LogP) is 2.22. The first-order valence-electron chi connectivity index (χ1n) is 6.48. The number of nitrogens with two attached hydrogens (primary N) is 1. The second-order valence-corrected chi connectivity index (χ2v) is 6.30. The van der Waals surface area contributed by atoms with Crippen molar-refractivity contribution in [2.24, 2.45) is 5.14 Å². The first-order chi connectivity index (χ1) is 10.8. The van der Waals surface area contributed by atoms with Crippen LogP contribution in [0, 0.1) is 11.6 Å². The maximum Gasteiger partial charge on any atom is 0.240 e. The molecule has 23 heavy (non-hydrogen) atoms. The van der Waals surface area contributed by atoms with Gasteiger partial charge in [0.15, 0.2) is 0 Å². The Morgan fingerprint density at radius 2 is 1.70 bits per heavy atom. The highest BCUT2D eigenvalue weighted by Gasteiger charge is 2.19. The van der Waals surface area contributed by atoms with Crippen LogP contribution in [-0.2, 0) is 16.4 Å². The topological polar surface area (TPSA) is 78.6 Å². The Kier molecular flexibility index (Phi) is 4.86. The average Bonchev–Trinajstić information content (AvgIpc) is 2.48. The van der Waals surface area contributed by atoms with E-state index in [1.807, 2.05) is 0 Å². The minimum atomic E-state index is -4.28. The van der Waals surface area contributed by atoms with Gasteiger partial charge in [-0.2, -0.15) is 0 Å². The van der Waals surface area contributed by atoms with Crippen LogP contribution in [0.1, 0.15) is 11.1 Å². The first kappa shape index (κ1) is 17.2. The monoisotopic (exact) mass is 343 g/mol. The Balaban J connectivity index is 2.48. The third-order valence-electron chi connectivity index (χ3n) is 3.28. The molecule has 0 radical (unpaired) electrons. The molecule has 0 saturated carbocycles. The molecule has 2 aromatic carbocycles. The molecule has 0 atom stereocenters. The zero-order valence-corrected chi connectivity index (χ0v) is 13.3. The van der Waals surface area contributed by atoms with Crippen molar-refractivity contribution in [1.29, 1.82) is 0 Å². The maximum absolute atomic E-state index is 13.9. The van der Waals surface area contributed by atoms with E-state index in [-0.39, 0.29) is 12.0 Å². The molecule has 0 bridgehead atoms. The van der Waals surface area contributed by atoms with Gasteiger partial charge in [0, 0.05) is 18.6 Å². The molecular formula is C15H15F2NO4S. The van der Waals surface area contributed by atoms with E-state index in [2.05, 4.69) is 0 Å². The standard InChI is InChI=1S/C15H15F2NO4S/c1-21-11-4-3-9(14(7-11)22-2)5-10-6-15(23(18,19)20)13(17)8-12(10)16/h3-4,6-8H,5H2,1-2H3,(H2,18,19,20). The summed E-state index contributed by atoms with van der Waals surface area (Å²) in [4.78, 5) is -0.749. The van der Waals surface area contributed by atoms with Gasteiger partial charge in [0.1, 0.15) is 28.0 Å². The lowest BCUT2D eigenvalue weighted by Gasteiger charge is -2.12. The minimum Gasteiger partial charge on any atom is -0.497 e. The molecule has 5 nitrogen and oxygen atoms in total. The van der Waals surface area contributed by atoms with Crippen molar-refractivity contribution in [2.45, 2.75) is 11.3 Å². The van der Waals surface area contributed by atoms with Crippen LogP contribution in [0.3, 0.4) is 0 Å². The Morgan fingerprint density at radius 1 is 1.00 bits per heavy atom. The SMILES string of the molecule is COc1ccc(Cc2cc(S(N)(=O)=O)c(F)cc2F)c(OC)c1. The first-order valence-corrected chi connectivity index (χ1v) is 8.02. The van der Waals surface area contributed by atoms with Gasteiger partial charge in [0.25, 0.3) is 0 Å². The van der Waals surface area contributed by atoms with Crippen LogP contribution >= 0.6 is 0 Å². The van der Waals surface area contributed by atoms with Crippen molar-refractivity contribution in [2.75, 3.05) is 14.2 Å². The van der Waals surface area contributed by atoms with E-state index in [1.165, 1.54) is 14.2 Å². The van der Waals surface area contributed by atoms with Gasteiger partial charge in [-0.3, -0.25) is 0 Å². The smallest absolute Gasteiger partial charge is 0.240 e. The molecule has 0 aliphatic carbocycles. The zero-order chi connectivity index (χ0) is 17.2. The summed E-state index contributed by atoms with van der Waals surface area (Å²) in [5, 5.41) is 4.93. The number of sulfonamides is 1. The Morgan fingerprint density at radius 3 is 2.26 bits per heavy atom. The highest BCUT2D eigenvalue weighted by Crippen LogP contribution is 2.28. The van der Waals surface area contributed by atoms with Crippen molar-refractivity contribution >= 4 is 10.0 Å². The number of methoxy groups -OCH3 is 2. The summed E-state index contributed by atoms with van der Waals surface area (Å²) >= 11 is 0. The Bertz CT molecular complexity index is 838. The number of rotatable bonds is 5. The molecule has 0 spiro atoms. The molecule has 0 fully saturated rings. The highest BCUT2D eigenvalue weighted by atomic mass is 32.2. The molecular weight excluding hydrogens is 328 g/mol. The molecule has 0 aromatic heterocycles. The van der Waals surface area contributed by atoms with Crippen LogP contribution in [0.4, 0.5) is 8.78 Å². The fraction of sp³-hybridized carbons (Fsp3) is 0.200. The van der Waals surface area contributed by atoms with E-state index < -0.39 is 26.6 Å². The van der Waals surface area contributed by atoms with E-state index in [0.29, 0.717) is 23.1 Å². The van der Waals surface area contributed by atoms with Crippen LogP contribution in [0.2, 0.25) is 0 Å². The summed E-state index contributed by atoms with van der Waals surface area (Å²) in [6, 6.07) is 6.31. The van der Waals surface area contributed by atoms with Crippen molar-refractivity contribution < 1.29 is 26.7 Å². The molecule has 2 rings (SSSR count). The van der Waals surface area contributed by atoms with Crippen molar-refractivity contribution in [3.8, 4) is 11.5 Å². The highest BCUT2D eigenvalue weighted by molar-refractivity contribution is 7.89. The Labute approximate surface area is 132 Å². The molecule has 0 saturated heterocycles. The molecule has 0 heterocycles. The molecule has 124 valence electrons. The quantitative estimate of drug-likeness (QED) is 0.903. The van der Waals surface area contributed by atoms with Crippen molar-refractivity contribution in [1.82, 2.24) is 0 Å². The van der Waals surface area contributed by atoms with E-state index in [9.17, 15) is 17.2 Å². The van der Waals surface area contributed by atoms with E-state index in [0.717, 1.165) is 6.07 Å². The number of benzene rings is 2. The second-order valence-electron chi connectivity index (χ2n) is 4.77. The molecule has 2 aromatic rings. The van der Waals surface area contributed by atoms with Gasteiger partial charge < -0.3 is 9.47 Å². The summed E-state index contributed by atoms with van der Waals surface area (Å²) in [5.74, 6) is -1.11. The van der Waals surface area contributed by atoms with E-state index >= 15 is 0 Å². The number of halogens is 2. The van der Waals surface area contributed by atoms with Gasteiger partial charge in [-0.15, -0.1) is 0 Å². The lowest BCUT2D eigenvalue weighted by atomic mass is 10.0. The van der Waals surface area contributed by atoms with Gasteiger partial charge in [-0.1, -0.05) is 6.07 Å². The third-order valence-corrected chi connectivity index (χ3v) is 4.21. The lowest BCUT2D eigenvalue weighted by molar-refractivity contribution is 0.391. The van der Waals surface area contributed by atoms with Crippen LogP contribution in [0.5, 0.6) is 11.5 Å². The van der Waals surface area contributed by atoms with Crippen molar-refractivity contribution in [3.63, 3.8) is 0 Å².